The Hall–Kier alpha value is -0.840. The third kappa shape index (κ3) is 3.18. The molecule has 13 heavy (non-hydrogen) atoms. The van der Waals surface area contributed by atoms with Gasteiger partial charge < -0.3 is 15.5 Å². The standard InChI is InChI=1S/C8H16FN3O/c1-12(2)8(13)11-7-3-6(9)4-10-5-7/h6-7,10H,3-5H2,1-2H3,(H,11,13). The SMILES string of the molecule is CN(C)C(=O)NC1CNCC(F)C1. The van der Waals surface area contributed by atoms with E-state index in [1.54, 1.807) is 14.1 Å². The van der Waals surface area contributed by atoms with Crippen molar-refractivity contribution in [1.29, 1.82) is 0 Å². The molecule has 0 aromatic rings. The summed E-state index contributed by atoms with van der Waals surface area (Å²) in [6.45, 7) is 1.05. The van der Waals surface area contributed by atoms with E-state index < -0.39 is 6.17 Å². The number of carbonyl (C=O) groups is 1. The maximum atomic E-state index is 12.9. The lowest BCUT2D eigenvalue weighted by Gasteiger charge is -2.27. The molecule has 0 aliphatic carbocycles. The van der Waals surface area contributed by atoms with Crippen LogP contribution >= 0.6 is 0 Å². The molecule has 1 heterocycles. The first kappa shape index (κ1) is 10.2. The minimum atomic E-state index is -0.846. The van der Waals surface area contributed by atoms with Gasteiger partial charge in [-0.15, -0.1) is 0 Å². The van der Waals surface area contributed by atoms with Crippen LogP contribution < -0.4 is 10.6 Å². The fourth-order valence-electron chi connectivity index (χ4n) is 1.30. The number of piperidine rings is 1. The van der Waals surface area contributed by atoms with Crippen molar-refractivity contribution in [3.8, 4) is 0 Å². The Morgan fingerprint density at radius 3 is 2.77 bits per heavy atom. The molecular formula is C8H16FN3O. The van der Waals surface area contributed by atoms with Crippen LogP contribution in [0.5, 0.6) is 0 Å². The van der Waals surface area contributed by atoms with Crippen molar-refractivity contribution in [2.45, 2.75) is 18.6 Å². The van der Waals surface area contributed by atoms with E-state index >= 15 is 0 Å². The molecule has 1 rings (SSSR count). The van der Waals surface area contributed by atoms with Crippen LogP contribution in [0.2, 0.25) is 0 Å². The summed E-state index contributed by atoms with van der Waals surface area (Å²) in [6.07, 6.45) is -0.437. The second kappa shape index (κ2) is 4.41. The highest BCUT2D eigenvalue weighted by atomic mass is 19.1. The molecule has 0 bridgehead atoms. The van der Waals surface area contributed by atoms with Crippen LogP contribution in [0, 0.1) is 0 Å². The number of alkyl halides is 1. The molecule has 2 unspecified atom stereocenters. The lowest BCUT2D eigenvalue weighted by atomic mass is 10.1. The number of hydrogen-bond donors (Lipinski definition) is 2. The Bertz CT molecular complexity index is 186. The van der Waals surface area contributed by atoms with E-state index in [-0.39, 0.29) is 12.1 Å². The van der Waals surface area contributed by atoms with Crippen molar-refractivity contribution >= 4 is 6.03 Å². The normalized spacial score (nSPS) is 28.2. The molecule has 2 atom stereocenters. The van der Waals surface area contributed by atoms with Crippen molar-refractivity contribution < 1.29 is 9.18 Å². The zero-order valence-electron chi connectivity index (χ0n) is 8.01. The number of carbonyl (C=O) groups excluding carboxylic acids is 1. The first-order valence-corrected chi connectivity index (χ1v) is 4.42. The van der Waals surface area contributed by atoms with Crippen molar-refractivity contribution in [3.63, 3.8) is 0 Å². The summed E-state index contributed by atoms with van der Waals surface area (Å²) in [5.74, 6) is 0. The van der Waals surface area contributed by atoms with Gasteiger partial charge in [0.05, 0.1) is 0 Å². The van der Waals surface area contributed by atoms with Crippen LogP contribution in [0.15, 0.2) is 0 Å². The van der Waals surface area contributed by atoms with Crippen LogP contribution in [-0.2, 0) is 0 Å². The summed E-state index contributed by atoms with van der Waals surface area (Å²) in [5.41, 5.74) is 0. The minimum absolute atomic E-state index is 0.0846. The van der Waals surface area contributed by atoms with Crippen molar-refractivity contribution in [1.82, 2.24) is 15.5 Å². The summed E-state index contributed by atoms with van der Waals surface area (Å²) >= 11 is 0. The van der Waals surface area contributed by atoms with Crippen molar-refractivity contribution in [2.75, 3.05) is 27.2 Å². The minimum Gasteiger partial charge on any atom is -0.334 e. The van der Waals surface area contributed by atoms with E-state index in [9.17, 15) is 9.18 Å². The van der Waals surface area contributed by atoms with Gasteiger partial charge in [-0.05, 0) is 0 Å². The topological polar surface area (TPSA) is 44.4 Å². The Labute approximate surface area is 77.5 Å². The van der Waals surface area contributed by atoms with E-state index in [2.05, 4.69) is 10.6 Å². The van der Waals surface area contributed by atoms with Gasteiger partial charge in [-0.3, -0.25) is 0 Å². The monoisotopic (exact) mass is 189 g/mol. The first-order chi connectivity index (χ1) is 6.09. The van der Waals surface area contributed by atoms with Gasteiger partial charge >= 0.3 is 6.03 Å². The Morgan fingerprint density at radius 1 is 1.54 bits per heavy atom. The van der Waals surface area contributed by atoms with E-state index in [4.69, 9.17) is 0 Å². The largest absolute Gasteiger partial charge is 0.334 e. The quantitative estimate of drug-likeness (QED) is 0.608. The van der Waals surface area contributed by atoms with Gasteiger partial charge in [0.1, 0.15) is 6.17 Å². The molecule has 5 heteroatoms. The second-order valence-electron chi connectivity index (χ2n) is 3.53. The number of nitrogens with zero attached hydrogens (tertiary/aromatic N) is 1. The van der Waals surface area contributed by atoms with Gasteiger partial charge in [-0.25, -0.2) is 9.18 Å². The van der Waals surface area contributed by atoms with Gasteiger partial charge in [-0.1, -0.05) is 0 Å². The molecule has 2 N–H and O–H groups in total. The molecule has 76 valence electrons. The van der Waals surface area contributed by atoms with Gasteiger partial charge in [0.25, 0.3) is 0 Å². The molecule has 0 spiro atoms. The van der Waals surface area contributed by atoms with E-state index in [1.807, 2.05) is 0 Å². The molecule has 1 fully saturated rings. The van der Waals surface area contributed by atoms with Crippen molar-refractivity contribution in [2.24, 2.45) is 0 Å². The third-order valence-electron chi connectivity index (χ3n) is 2.03. The van der Waals surface area contributed by atoms with E-state index in [1.165, 1.54) is 4.90 Å². The summed E-state index contributed by atoms with van der Waals surface area (Å²) in [5, 5.41) is 5.65. The van der Waals surface area contributed by atoms with Crippen LogP contribution in [0.25, 0.3) is 0 Å². The fourth-order valence-corrected chi connectivity index (χ4v) is 1.30. The molecule has 4 nitrogen and oxygen atoms in total. The third-order valence-corrected chi connectivity index (χ3v) is 2.03. The molecule has 1 saturated heterocycles. The van der Waals surface area contributed by atoms with Gasteiger partial charge in [0, 0.05) is 39.6 Å². The Morgan fingerprint density at radius 2 is 2.23 bits per heavy atom. The summed E-state index contributed by atoms with van der Waals surface area (Å²) < 4.78 is 12.9. The average molecular weight is 189 g/mol. The summed E-state index contributed by atoms with van der Waals surface area (Å²) in [7, 11) is 3.33. The second-order valence-corrected chi connectivity index (χ2v) is 3.53. The highest BCUT2D eigenvalue weighted by Crippen LogP contribution is 2.06. The lowest BCUT2D eigenvalue weighted by Crippen LogP contribution is -2.51. The summed E-state index contributed by atoms with van der Waals surface area (Å²) in [6, 6.07) is -0.250. The van der Waals surface area contributed by atoms with Crippen LogP contribution in [-0.4, -0.2) is 50.3 Å². The highest BCUT2D eigenvalue weighted by molar-refractivity contribution is 5.73. The zero-order valence-corrected chi connectivity index (χ0v) is 8.01. The fraction of sp³-hybridized carbons (Fsp3) is 0.875. The molecule has 0 radical (unpaired) electrons. The number of urea groups is 1. The Kier molecular flexibility index (Phi) is 3.48. The molecular weight excluding hydrogens is 173 g/mol. The van der Waals surface area contributed by atoms with Crippen LogP contribution in [0.1, 0.15) is 6.42 Å². The first-order valence-electron chi connectivity index (χ1n) is 4.42. The number of halogens is 1. The lowest BCUT2D eigenvalue weighted by molar-refractivity contribution is 0.195. The van der Waals surface area contributed by atoms with Gasteiger partial charge in [-0.2, -0.15) is 0 Å². The predicted molar refractivity (Wildman–Crippen MR) is 48.4 cm³/mol. The molecule has 1 aliphatic rings. The van der Waals surface area contributed by atoms with Gasteiger partial charge in [0.2, 0.25) is 0 Å². The molecule has 0 aromatic heterocycles. The molecule has 2 amide bonds. The maximum absolute atomic E-state index is 12.9. The number of amides is 2. The van der Waals surface area contributed by atoms with Crippen LogP contribution in [0.4, 0.5) is 9.18 Å². The number of rotatable bonds is 1. The average Bonchev–Trinajstić information content (AvgIpc) is 2.04. The molecule has 0 saturated carbocycles. The van der Waals surface area contributed by atoms with Gasteiger partial charge in [0.15, 0.2) is 0 Å². The highest BCUT2D eigenvalue weighted by Gasteiger charge is 2.22. The van der Waals surface area contributed by atoms with E-state index in [0.717, 1.165) is 0 Å². The zero-order chi connectivity index (χ0) is 9.84. The molecule has 1 aliphatic heterocycles. The number of nitrogens with one attached hydrogen (secondary N) is 2. The van der Waals surface area contributed by atoms with E-state index in [0.29, 0.717) is 19.5 Å². The molecule has 0 aromatic carbocycles. The number of hydrogen-bond acceptors (Lipinski definition) is 2. The smallest absolute Gasteiger partial charge is 0.317 e. The predicted octanol–water partition coefficient (Wildman–Crippen LogP) is -0.0424. The summed E-state index contributed by atoms with van der Waals surface area (Å²) in [4.78, 5) is 12.6. The maximum Gasteiger partial charge on any atom is 0.317 e. The Balaban J connectivity index is 2.31. The van der Waals surface area contributed by atoms with Crippen LogP contribution in [0.3, 0.4) is 0 Å². The van der Waals surface area contributed by atoms with Crippen molar-refractivity contribution in [3.05, 3.63) is 0 Å².